The van der Waals surface area contributed by atoms with Crippen LogP contribution in [0.5, 0.6) is 5.75 Å². The number of benzene rings is 3. The van der Waals surface area contributed by atoms with Crippen molar-refractivity contribution in [2.75, 3.05) is 0 Å². The summed E-state index contributed by atoms with van der Waals surface area (Å²) in [6.07, 6.45) is 3.67. The molecule has 0 bridgehead atoms. The monoisotopic (exact) mass is 406 g/mol. The van der Waals surface area contributed by atoms with Gasteiger partial charge < -0.3 is 4.74 Å². The Morgan fingerprint density at radius 2 is 1.65 bits per heavy atom. The molecule has 1 aliphatic rings. The third kappa shape index (κ3) is 4.19. The van der Waals surface area contributed by atoms with Gasteiger partial charge in [-0.1, -0.05) is 54.6 Å². The van der Waals surface area contributed by atoms with E-state index in [4.69, 9.17) is 4.74 Å². The van der Waals surface area contributed by atoms with Gasteiger partial charge in [-0.2, -0.15) is 0 Å². The molecule has 1 nitrogen and oxygen atoms in total. The zero-order chi connectivity index (χ0) is 17.9. The van der Waals surface area contributed by atoms with Gasteiger partial charge in [0.15, 0.2) is 0 Å². The molecule has 0 aliphatic heterocycles. The Kier molecular flexibility index (Phi) is 5.12. The van der Waals surface area contributed by atoms with Crippen LogP contribution in [0.1, 0.15) is 46.6 Å². The number of hydrogen-bond acceptors (Lipinski definition) is 1. The molecule has 0 heterocycles. The lowest BCUT2D eigenvalue weighted by molar-refractivity contribution is 0.304. The van der Waals surface area contributed by atoms with Gasteiger partial charge in [0.25, 0.3) is 0 Å². The maximum atomic E-state index is 6.01. The van der Waals surface area contributed by atoms with Gasteiger partial charge in [0.2, 0.25) is 0 Å². The summed E-state index contributed by atoms with van der Waals surface area (Å²) in [5.41, 5.74) is 6.64. The Hall–Kier alpha value is -2.06. The second-order valence-electron chi connectivity index (χ2n) is 7.18. The molecule has 1 saturated carbocycles. The van der Waals surface area contributed by atoms with Crippen LogP contribution in [0.3, 0.4) is 0 Å². The van der Waals surface area contributed by atoms with E-state index in [-0.39, 0.29) is 0 Å². The van der Waals surface area contributed by atoms with Gasteiger partial charge in [-0.25, -0.2) is 0 Å². The highest BCUT2D eigenvalue weighted by molar-refractivity contribution is 9.10. The molecule has 0 amide bonds. The highest BCUT2D eigenvalue weighted by Crippen LogP contribution is 2.40. The molecule has 26 heavy (non-hydrogen) atoms. The number of hydrogen-bond donors (Lipinski definition) is 0. The minimum atomic E-state index is 0.584. The van der Waals surface area contributed by atoms with Crippen molar-refractivity contribution in [1.82, 2.24) is 0 Å². The van der Waals surface area contributed by atoms with Crippen LogP contribution in [-0.4, -0.2) is 0 Å². The lowest BCUT2D eigenvalue weighted by atomic mass is 9.99. The van der Waals surface area contributed by atoms with Crippen LogP contribution in [0.15, 0.2) is 71.2 Å². The van der Waals surface area contributed by atoms with Crippen LogP contribution in [0.2, 0.25) is 0 Å². The molecule has 0 saturated heterocycles. The first-order valence-electron chi connectivity index (χ1n) is 9.23. The highest BCUT2D eigenvalue weighted by Gasteiger charge is 2.22. The van der Waals surface area contributed by atoms with Gasteiger partial charge >= 0.3 is 0 Å². The maximum absolute atomic E-state index is 6.01. The van der Waals surface area contributed by atoms with Crippen molar-refractivity contribution in [1.29, 1.82) is 0 Å². The molecule has 0 spiro atoms. The minimum Gasteiger partial charge on any atom is -0.488 e. The Bertz CT molecular complexity index is 880. The van der Waals surface area contributed by atoms with Gasteiger partial charge in [0.1, 0.15) is 12.4 Å². The molecule has 4 rings (SSSR count). The van der Waals surface area contributed by atoms with E-state index in [0.717, 1.165) is 22.6 Å². The van der Waals surface area contributed by atoms with Crippen molar-refractivity contribution in [2.24, 2.45) is 0 Å². The van der Waals surface area contributed by atoms with E-state index in [1.165, 1.54) is 40.7 Å². The summed E-state index contributed by atoms with van der Waals surface area (Å²) in [7, 11) is 0. The average molecular weight is 407 g/mol. The summed E-state index contributed by atoms with van der Waals surface area (Å²) in [6, 6.07) is 23.8. The van der Waals surface area contributed by atoms with E-state index in [2.05, 4.69) is 71.4 Å². The smallest absolute Gasteiger partial charge is 0.134 e. The van der Waals surface area contributed by atoms with E-state index >= 15 is 0 Å². The molecule has 0 unspecified atom stereocenters. The highest BCUT2D eigenvalue weighted by atomic mass is 79.9. The van der Waals surface area contributed by atoms with E-state index in [1.807, 2.05) is 18.2 Å². The van der Waals surface area contributed by atoms with E-state index in [1.54, 1.807) is 0 Å². The van der Waals surface area contributed by atoms with Crippen molar-refractivity contribution < 1.29 is 4.74 Å². The van der Waals surface area contributed by atoms with Gasteiger partial charge in [0.05, 0.1) is 4.47 Å². The van der Waals surface area contributed by atoms with Crippen LogP contribution < -0.4 is 4.74 Å². The molecule has 0 atom stereocenters. The average Bonchev–Trinajstić information content (AvgIpc) is 3.50. The van der Waals surface area contributed by atoms with Crippen LogP contribution in [0.4, 0.5) is 0 Å². The first kappa shape index (κ1) is 17.4. The lowest BCUT2D eigenvalue weighted by Crippen LogP contribution is -1.99. The summed E-state index contributed by atoms with van der Waals surface area (Å²) >= 11 is 3.68. The zero-order valence-electron chi connectivity index (χ0n) is 15.0. The first-order valence-corrected chi connectivity index (χ1v) is 10.0. The second kappa shape index (κ2) is 7.67. The molecular formula is C24H23BrO. The lowest BCUT2D eigenvalue weighted by Gasteiger charge is -2.13. The number of ether oxygens (including phenoxy) is 1. The molecule has 0 radical (unpaired) electrons. The summed E-state index contributed by atoms with van der Waals surface area (Å²) in [4.78, 5) is 0. The van der Waals surface area contributed by atoms with Crippen molar-refractivity contribution in [3.8, 4) is 5.75 Å². The van der Waals surface area contributed by atoms with E-state index in [0.29, 0.717) is 6.61 Å². The number of halogens is 1. The predicted octanol–water partition coefficient (Wildman–Crippen LogP) is 6.80. The molecule has 3 aromatic rings. The molecule has 3 aromatic carbocycles. The Labute approximate surface area is 164 Å². The van der Waals surface area contributed by atoms with Crippen LogP contribution in [0.25, 0.3) is 0 Å². The molecular weight excluding hydrogens is 384 g/mol. The molecule has 1 fully saturated rings. The van der Waals surface area contributed by atoms with Gasteiger partial charge in [-0.3, -0.25) is 0 Å². The fourth-order valence-corrected chi connectivity index (χ4v) is 3.78. The van der Waals surface area contributed by atoms with Crippen LogP contribution in [0, 0.1) is 6.92 Å². The molecule has 0 aromatic heterocycles. The molecule has 2 heteroatoms. The third-order valence-corrected chi connectivity index (χ3v) is 5.67. The second-order valence-corrected chi connectivity index (χ2v) is 8.03. The Balaban J connectivity index is 1.46. The van der Waals surface area contributed by atoms with Crippen molar-refractivity contribution in [3.05, 3.63) is 99.0 Å². The van der Waals surface area contributed by atoms with E-state index in [9.17, 15) is 0 Å². The topological polar surface area (TPSA) is 9.23 Å². The third-order valence-electron chi connectivity index (χ3n) is 5.05. The van der Waals surface area contributed by atoms with Crippen LogP contribution >= 0.6 is 15.9 Å². The standard InChI is InChI=1S/C24H23BrO/c1-17-13-24(26-16-19-5-3-2-4-6-19)23(25)15-22(17)14-18-7-9-20(10-8-18)21-11-12-21/h2-10,13,15,21H,11-12,14,16H2,1H3. The normalized spacial score (nSPS) is 13.6. The van der Waals surface area contributed by atoms with Crippen molar-refractivity contribution in [3.63, 3.8) is 0 Å². The number of rotatable bonds is 6. The predicted molar refractivity (Wildman–Crippen MR) is 111 cm³/mol. The Morgan fingerprint density at radius 1 is 0.923 bits per heavy atom. The quantitative estimate of drug-likeness (QED) is 0.436. The summed E-state index contributed by atoms with van der Waals surface area (Å²) in [5, 5.41) is 0. The summed E-state index contributed by atoms with van der Waals surface area (Å²) < 4.78 is 7.03. The van der Waals surface area contributed by atoms with Gasteiger partial charge in [-0.05, 0) is 88.0 Å². The van der Waals surface area contributed by atoms with Gasteiger partial charge in [0, 0.05) is 0 Å². The largest absolute Gasteiger partial charge is 0.488 e. The van der Waals surface area contributed by atoms with Gasteiger partial charge in [-0.15, -0.1) is 0 Å². The maximum Gasteiger partial charge on any atom is 0.134 e. The fourth-order valence-electron chi connectivity index (χ4n) is 3.28. The van der Waals surface area contributed by atoms with Crippen molar-refractivity contribution >= 4 is 15.9 Å². The Morgan fingerprint density at radius 3 is 2.35 bits per heavy atom. The molecule has 1 aliphatic carbocycles. The molecule has 132 valence electrons. The molecule has 0 N–H and O–H groups in total. The summed E-state index contributed by atoms with van der Waals surface area (Å²) in [5.74, 6) is 1.72. The van der Waals surface area contributed by atoms with E-state index < -0.39 is 0 Å². The first-order chi connectivity index (χ1) is 12.7. The summed E-state index contributed by atoms with van der Waals surface area (Å²) in [6.45, 7) is 2.75. The minimum absolute atomic E-state index is 0.584. The fraction of sp³-hybridized carbons (Fsp3) is 0.250. The van der Waals surface area contributed by atoms with Crippen LogP contribution in [-0.2, 0) is 13.0 Å². The SMILES string of the molecule is Cc1cc(OCc2ccccc2)c(Br)cc1Cc1ccc(C2CC2)cc1. The zero-order valence-corrected chi connectivity index (χ0v) is 16.6. The van der Waals surface area contributed by atoms with Crippen molar-refractivity contribution in [2.45, 2.75) is 38.7 Å². The number of aryl methyl sites for hydroxylation is 1.